The van der Waals surface area contributed by atoms with Crippen LogP contribution in [-0.4, -0.2) is 17.3 Å². The van der Waals surface area contributed by atoms with Gasteiger partial charge in [0.05, 0.1) is 6.54 Å². The molecule has 0 aliphatic rings. The molecule has 2 heteroatoms. The van der Waals surface area contributed by atoms with Gasteiger partial charge in [-0.1, -0.05) is 60.7 Å². The lowest BCUT2D eigenvalue weighted by Crippen LogP contribution is -1.82. The second kappa shape index (κ2) is 6.23. The third-order valence-electron chi connectivity index (χ3n) is 3.48. The molecule has 0 saturated carbocycles. The number of benzene rings is 2. The van der Waals surface area contributed by atoms with Crippen LogP contribution in [-0.2, 0) is 7.05 Å². The quantitative estimate of drug-likeness (QED) is 0.631. The zero-order valence-corrected chi connectivity index (χ0v) is 12.1. The summed E-state index contributed by atoms with van der Waals surface area (Å²) in [5.74, 6) is 0. The summed E-state index contributed by atoms with van der Waals surface area (Å²) in [6, 6.07) is 18.7. The summed E-state index contributed by atoms with van der Waals surface area (Å²) in [6.07, 6.45) is 8.25. The summed E-state index contributed by atoms with van der Waals surface area (Å²) in [5.41, 5.74) is 3.61. The number of aromatic nitrogens is 1. The minimum Gasteiger partial charge on any atom is -0.350 e. The van der Waals surface area contributed by atoms with E-state index in [4.69, 9.17) is 0 Å². The summed E-state index contributed by atoms with van der Waals surface area (Å²) in [4.78, 5) is 4.49. The maximum atomic E-state index is 4.49. The number of hydrogen-bond acceptors (Lipinski definition) is 1. The zero-order chi connectivity index (χ0) is 14.5. The topological polar surface area (TPSA) is 17.3 Å². The van der Waals surface area contributed by atoms with Crippen molar-refractivity contribution >= 4 is 23.2 Å². The Morgan fingerprint density at radius 1 is 1.00 bits per heavy atom. The molecule has 0 amide bonds. The highest BCUT2D eigenvalue weighted by Crippen LogP contribution is 2.18. The lowest BCUT2D eigenvalue weighted by atomic mass is 10.2. The minimum absolute atomic E-state index is 0.693. The van der Waals surface area contributed by atoms with E-state index in [0.717, 1.165) is 0 Å². The largest absolute Gasteiger partial charge is 0.350 e. The Labute approximate surface area is 125 Å². The molecule has 3 aromatic rings. The van der Waals surface area contributed by atoms with E-state index < -0.39 is 0 Å². The molecule has 0 fully saturated rings. The highest BCUT2D eigenvalue weighted by atomic mass is 14.9. The molecular formula is C19H18N2. The van der Waals surface area contributed by atoms with Crippen LogP contribution in [0.4, 0.5) is 0 Å². The summed E-state index contributed by atoms with van der Waals surface area (Å²) in [6.45, 7) is 0.693. The van der Waals surface area contributed by atoms with E-state index in [9.17, 15) is 0 Å². The highest BCUT2D eigenvalue weighted by Gasteiger charge is 2.02. The van der Waals surface area contributed by atoms with Crippen LogP contribution in [0.15, 0.2) is 71.9 Å². The molecule has 0 N–H and O–H groups in total. The Bertz CT molecular complexity index is 780. The molecule has 21 heavy (non-hydrogen) atoms. The van der Waals surface area contributed by atoms with Crippen molar-refractivity contribution in [3.05, 3.63) is 78.0 Å². The smallest absolute Gasteiger partial charge is 0.0573 e. The van der Waals surface area contributed by atoms with Crippen LogP contribution in [0.3, 0.4) is 0 Å². The molecular weight excluding hydrogens is 256 g/mol. The van der Waals surface area contributed by atoms with Gasteiger partial charge in [0.15, 0.2) is 0 Å². The van der Waals surface area contributed by atoms with Crippen molar-refractivity contribution in [2.75, 3.05) is 6.54 Å². The predicted octanol–water partition coefficient (Wildman–Crippen LogP) is 4.31. The van der Waals surface area contributed by atoms with Crippen LogP contribution in [0.2, 0.25) is 0 Å². The molecule has 2 aromatic carbocycles. The first-order valence-electron chi connectivity index (χ1n) is 7.10. The van der Waals surface area contributed by atoms with Gasteiger partial charge in [0.25, 0.3) is 0 Å². The molecule has 3 rings (SSSR count). The Kier molecular flexibility index (Phi) is 3.97. The van der Waals surface area contributed by atoms with Gasteiger partial charge in [0.1, 0.15) is 0 Å². The van der Waals surface area contributed by atoms with E-state index in [1.54, 1.807) is 0 Å². The first-order valence-corrected chi connectivity index (χ1v) is 7.10. The molecule has 0 atom stereocenters. The van der Waals surface area contributed by atoms with Crippen molar-refractivity contribution in [1.82, 2.24) is 4.57 Å². The third-order valence-corrected chi connectivity index (χ3v) is 3.48. The molecule has 0 bridgehead atoms. The summed E-state index contributed by atoms with van der Waals surface area (Å²) < 4.78 is 2.14. The van der Waals surface area contributed by atoms with Crippen molar-refractivity contribution < 1.29 is 0 Å². The maximum absolute atomic E-state index is 4.49. The lowest BCUT2D eigenvalue weighted by molar-refractivity contribution is 0.968. The Balaban J connectivity index is 1.70. The van der Waals surface area contributed by atoms with Gasteiger partial charge in [0, 0.05) is 35.9 Å². The fourth-order valence-corrected chi connectivity index (χ4v) is 2.44. The Morgan fingerprint density at radius 2 is 1.76 bits per heavy atom. The van der Waals surface area contributed by atoms with Crippen molar-refractivity contribution in [2.45, 2.75) is 0 Å². The highest BCUT2D eigenvalue weighted by molar-refractivity contribution is 5.99. The fourth-order valence-electron chi connectivity index (χ4n) is 2.44. The second-order valence-electron chi connectivity index (χ2n) is 5.02. The Morgan fingerprint density at radius 3 is 2.62 bits per heavy atom. The van der Waals surface area contributed by atoms with Crippen LogP contribution < -0.4 is 0 Å². The molecule has 1 heterocycles. The van der Waals surface area contributed by atoms with Crippen LogP contribution in [0.1, 0.15) is 11.1 Å². The monoisotopic (exact) mass is 274 g/mol. The summed E-state index contributed by atoms with van der Waals surface area (Å²) in [7, 11) is 2.06. The number of hydrogen-bond donors (Lipinski definition) is 0. The maximum Gasteiger partial charge on any atom is 0.0573 e. The van der Waals surface area contributed by atoms with E-state index in [1.807, 2.05) is 24.4 Å². The van der Waals surface area contributed by atoms with E-state index in [-0.39, 0.29) is 0 Å². The fraction of sp³-hybridized carbons (Fsp3) is 0.105. The Hall–Kier alpha value is -2.61. The predicted molar refractivity (Wildman–Crippen MR) is 90.9 cm³/mol. The number of aliphatic imine (C=N–C) groups is 1. The molecule has 0 saturated heterocycles. The molecule has 0 aliphatic heterocycles. The van der Waals surface area contributed by atoms with Crippen LogP contribution in [0.25, 0.3) is 17.0 Å². The van der Waals surface area contributed by atoms with Gasteiger partial charge in [0.2, 0.25) is 0 Å². The average molecular weight is 274 g/mol. The van der Waals surface area contributed by atoms with Crippen molar-refractivity contribution in [3.63, 3.8) is 0 Å². The molecule has 1 aromatic heterocycles. The zero-order valence-electron chi connectivity index (χ0n) is 12.1. The summed E-state index contributed by atoms with van der Waals surface area (Å²) in [5, 5.41) is 1.25. The normalized spacial score (nSPS) is 11.9. The number of para-hydroxylation sites is 1. The standard InChI is InChI=1S/C19H18N2/c1-21-15-17(18-11-5-6-12-19(18)21)14-20-13-7-10-16-8-3-2-4-9-16/h2-12,14-15H,13H2,1H3/b10-7+,20-14?. The van der Waals surface area contributed by atoms with Crippen LogP contribution in [0.5, 0.6) is 0 Å². The number of aryl methyl sites for hydroxylation is 1. The third kappa shape index (κ3) is 3.11. The van der Waals surface area contributed by atoms with Gasteiger partial charge >= 0.3 is 0 Å². The van der Waals surface area contributed by atoms with Crippen LogP contribution >= 0.6 is 0 Å². The van der Waals surface area contributed by atoms with E-state index in [0.29, 0.717) is 6.54 Å². The molecule has 0 spiro atoms. The SMILES string of the molecule is Cn1cc(C=NC/C=C/c2ccccc2)c2ccccc21. The molecule has 0 aliphatic carbocycles. The number of nitrogens with zero attached hydrogens (tertiary/aromatic N) is 2. The molecule has 0 unspecified atom stereocenters. The van der Waals surface area contributed by atoms with E-state index >= 15 is 0 Å². The van der Waals surface area contributed by atoms with Crippen molar-refractivity contribution in [2.24, 2.45) is 12.0 Å². The number of rotatable bonds is 4. The molecule has 2 nitrogen and oxygen atoms in total. The van der Waals surface area contributed by atoms with Gasteiger partial charge in [-0.15, -0.1) is 0 Å². The minimum atomic E-state index is 0.693. The van der Waals surface area contributed by atoms with E-state index in [1.165, 1.54) is 22.0 Å². The first-order chi connectivity index (χ1) is 10.3. The first kappa shape index (κ1) is 13.4. The molecule has 0 radical (unpaired) electrons. The van der Waals surface area contributed by atoms with E-state index in [2.05, 4.69) is 71.4 Å². The lowest BCUT2D eigenvalue weighted by Gasteiger charge is -1.93. The second-order valence-corrected chi connectivity index (χ2v) is 5.02. The van der Waals surface area contributed by atoms with Crippen molar-refractivity contribution in [1.29, 1.82) is 0 Å². The van der Waals surface area contributed by atoms with Crippen LogP contribution in [0, 0.1) is 0 Å². The number of fused-ring (bicyclic) bond motifs is 1. The van der Waals surface area contributed by atoms with Gasteiger partial charge in [-0.25, -0.2) is 0 Å². The van der Waals surface area contributed by atoms with Gasteiger partial charge in [-0.2, -0.15) is 0 Å². The van der Waals surface area contributed by atoms with Crippen molar-refractivity contribution in [3.8, 4) is 0 Å². The summed E-state index contributed by atoms with van der Waals surface area (Å²) >= 11 is 0. The van der Waals surface area contributed by atoms with Gasteiger partial charge in [-0.3, -0.25) is 4.99 Å². The molecule has 104 valence electrons. The average Bonchev–Trinajstić information content (AvgIpc) is 2.85. The van der Waals surface area contributed by atoms with Gasteiger partial charge in [-0.05, 0) is 11.6 Å². The van der Waals surface area contributed by atoms with Gasteiger partial charge < -0.3 is 4.57 Å².